The largest absolute Gasteiger partial charge is 0.496 e. The number of nitrogens with two attached hydrogens (primary N) is 1. The molecular weight excluding hydrogens is 210 g/mol. The molecule has 2 N–H and O–H groups in total. The van der Waals surface area contributed by atoms with E-state index in [1.54, 1.807) is 0 Å². The monoisotopic (exact) mass is 223 g/mol. The normalized spacial score (nSPS) is 17.1. The molecule has 15 heavy (non-hydrogen) atoms. The summed E-state index contributed by atoms with van der Waals surface area (Å²) in [6.07, 6.45) is 3.75. The maximum Gasteiger partial charge on any atom is 0.109 e. The van der Waals surface area contributed by atoms with Gasteiger partial charge in [0.05, 0.1) is 12.6 Å². The third-order valence-electron chi connectivity index (χ3n) is 2.50. The minimum atomic E-state index is -0.0765. The van der Waals surface area contributed by atoms with Crippen LogP contribution in [0.3, 0.4) is 0 Å². The Labute approximate surface area is 94.7 Å². The highest BCUT2D eigenvalue weighted by Gasteiger charge is 2.15. The summed E-state index contributed by atoms with van der Waals surface area (Å²) in [4.78, 5) is 0. The van der Waals surface area contributed by atoms with Crippen molar-refractivity contribution in [2.45, 2.75) is 18.9 Å². The molecule has 80 valence electrons. The van der Waals surface area contributed by atoms with Gasteiger partial charge in [-0.15, -0.1) is 0 Å². The van der Waals surface area contributed by atoms with Gasteiger partial charge < -0.3 is 10.5 Å². The molecule has 1 aromatic rings. The Hall–Kier alpha value is -0.990. The molecule has 1 unspecified atom stereocenters. The van der Waals surface area contributed by atoms with Gasteiger partial charge in [0, 0.05) is 11.4 Å². The zero-order valence-corrected chi connectivity index (χ0v) is 9.20. The summed E-state index contributed by atoms with van der Waals surface area (Å²) >= 11 is 6.06. The molecule has 0 bridgehead atoms. The minimum absolute atomic E-state index is 0.0765. The quantitative estimate of drug-likeness (QED) is 0.855. The van der Waals surface area contributed by atoms with Gasteiger partial charge in [-0.05, 0) is 24.1 Å². The van der Waals surface area contributed by atoms with E-state index >= 15 is 0 Å². The molecule has 0 aromatic heterocycles. The highest BCUT2D eigenvalue weighted by atomic mass is 35.5. The molecule has 1 aliphatic heterocycles. The van der Waals surface area contributed by atoms with Crippen molar-refractivity contribution in [3.8, 4) is 0 Å². The summed E-state index contributed by atoms with van der Waals surface area (Å²) in [5.41, 5.74) is 7.10. The van der Waals surface area contributed by atoms with Gasteiger partial charge in [0.1, 0.15) is 5.76 Å². The van der Waals surface area contributed by atoms with E-state index in [0.29, 0.717) is 0 Å². The second-order valence-electron chi connectivity index (χ2n) is 3.65. The summed E-state index contributed by atoms with van der Waals surface area (Å²) in [7, 11) is 0. The lowest BCUT2D eigenvalue weighted by molar-refractivity contribution is 0.224. The van der Waals surface area contributed by atoms with E-state index in [9.17, 15) is 0 Å². The molecule has 1 heterocycles. The molecule has 0 saturated heterocycles. The van der Waals surface area contributed by atoms with E-state index in [-0.39, 0.29) is 6.04 Å². The SMILES string of the molecule is NC(Cc1ccccc1Cl)C1=CCCO1. The fourth-order valence-electron chi connectivity index (χ4n) is 1.70. The van der Waals surface area contributed by atoms with Crippen molar-refractivity contribution in [1.29, 1.82) is 0 Å². The average Bonchev–Trinajstić information content (AvgIpc) is 2.74. The molecular formula is C12H14ClNO. The number of rotatable bonds is 3. The van der Waals surface area contributed by atoms with E-state index in [1.807, 2.05) is 24.3 Å². The molecule has 1 aromatic carbocycles. The predicted octanol–water partition coefficient (Wildman–Crippen LogP) is 2.51. The number of hydrogen-bond acceptors (Lipinski definition) is 2. The predicted molar refractivity (Wildman–Crippen MR) is 61.8 cm³/mol. The van der Waals surface area contributed by atoms with Crippen LogP contribution in [0.15, 0.2) is 36.1 Å². The molecule has 0 aliphatic carbocycles. The Morgan fingerprint density at radius 2 is 2.20 bits per heavy atom. The van der Waals surface area contributed by atoms with Crippen molar-refractivity contribution in [2.75, 3.05) is 6.61 Å². The Morgan fingerprint density at radius 1 is 1.40 bits per heavy atom. The first kappa shape index (κ1) is 10.5. The van der Waals surface area contributed by atoms with E-state index < -0.39 is 0 Å². The smallest absolute Gasteiger partial charge is 0.109 e. The number of hydrogen-bond donors (Lipinski definition) is 1. The topological polar surface area (TPSA) is 35.2 Å². The lowest BCUT2D eigenvalue weighted by Crippen LogP contribution is -2.25. The Balaban J connectivity index is 2.05. The second-order valence-corrected chi connectivity index (χ2v) is 4.05. The van der Waals surface area contributed by atoms with Crippen LogP contribution in [-0.2, 0) is 11.2 Å². The van der Waals surface area contributed by atoms with Crippen LogP contribution >= 0.6 is 11.6 Å². The van der Waals surface area contributed by atoms with Crippen LogP contribution in [0, 0.1) is 0 Å². The van der Waals surface area contributed by atoms with Crippen LogP contribution in [-0.4, -0.2) is 12.6 Å². The van der Waals surface area contributed by atoms with Crippen LogP contribution < -0.4 is 5.73 Å². The van der Waals surface area contributed by atoms with Crippen LogP contribution in [0.2, 0.25) is 5.02 Å². The molecule has 0 radical (unpaired) electrons. The summed E-state index contributed by atoms with van der Waals surface area (Å²) in [6, 6.07) is 7.69. The van der Waals surface area contributed by atoms with Gasteiger partial charge >= 0.3 is 0 Å². The zero-order valence-electron chi connectivity index (χ0n) is 8.45. The summed E-state index contributed by atoms with van der Waals surface area (Å²) in [5.74, 6) is 0.898. The molecule has 0 fully saturated rings. The van der Waals surface area contributed by atoms with Crippen molar-refractivity contribution < 1.29 is 4.74 Å². The van der Waals surface area contributed by atoms with Crippen LogP contribution in [0.1, 0.15) is 12.0 Å². The number of benzene rings is 1. The standard InChI is InChI=1S/C12H14ClNO/c13-10-5-2-1-4-9(10)8-11(14)12-6-3-7-15-12/h1-2,4-6,11H,3,7-8,14H2. The van der Waals surface area contributed by atoms with Crippen molar-refractivity contribution >= 4 is 11.6 Å². The second kappa shape index (κ2) is 4.69. The van der Waals surface area contributed by atoms with Gasteiger partial charge in [-0.1, -0.05) is 29.8 Å². The molecule has 2 rings (SSSR count). The van der Waals surface area contributed by atoms with Crippen LogP contribution in [0.5, 0.6) is 0 Å². The van der Waals surface area contributed by atoms with Gasteiger partial charge in [0.2, 0.25) is 0 Å². The molecule has 0 spiro atoms. The molecule has 3 heteroatoms. The van der Waals surface area contributed by atoms with Gasteiger partial charge in [-0.25, -0.2) is 0 Å². The Bertz CT molecular complexity index is 376. The molecule has 2 nitrogen and oxygen atoms in total. The Morgan fingerprint density at radius 3 is 2.87 bits per heavy atom. The van der Waals surface area contributed by atoms with Crippen molar-refractivity contribution in [2.24, 2.45) is 5.73 Å². The van der Waals surface area contributed by atoms with Crippen molar-refractivity contribution in [3.63, 3.8) is 0 Å². The van der Waals surface area contributed by atoms with E-state index in [1.165, 1.54) is 0 Å². The van der Waals surface area contributed by atoms with Gasteiger partial charge in [-0.2, -0.15) is 0 Å². The highest BCUT2D eigenvalue weighted by molar-refractivity contribution is 6.31. The van der Waals surface area contributed by atoms with E-state index in [0.717, 1.165) is 35.8 Å². The molecule has 0 saturated carbocycles. The maximum absolute atomic E-state index is 6.06. The first-order valence-electron chi connectivity index (χ1n) is 5.09. The van der Waals surface area contributed by atoms with Gasteiger partial charge in [0.15, 0.2) is 0 Å². The Kier molecular flexibility index (Phi) is 3.29. The fraction of sp³-hybridized carbons (Fsp3) is 0.333. The van der Waals surface area contributed by atoms with Crippen LogP contribution in [0.25, 0.3) is 0 Å². The molecule has 0 amide bonds. The summed E-state index contributed by atoms with van der Waals surface area (Å²) in [6.45, 7) is 0.756. The third-order valence-corrected chi connectivity index (χ3v) is 2.86. The van der Waals surface area contributed by atoms with Gasteiger partial charge in [0.25, 0.3) is 0 Å². The fourth-order valence-corrected chi connectivity index (χ4v) is 1.91. The lowest BCUT2D eigenvalue weighted by atomic mass is 10.1. The highest BCUT2D eigenvalue weighted by Crippen LogP contribution is 2.20. The van der Waals surface area contributed by atoms with Crippen LogP contribution in [0.4, 0.5) is 0 Å². The van der Waals surface area contributed by atoms with Crippen molar-refractivity contribution in [3.05, 3.63) is 46.7 Å². The zero-order chi connectivity index (χ0) is 10.7. The molecule has 1 atom stereocenters. The number of halogens is 1. The maximum atomic E-state index is 6.06. The summed E-state index contributed by atoms with van der Waals surface area (Å²) in [5, 5.41) is 0.770. The lowest BCUT2D eigenvalue weighted by Gasteiger charge is -2.13. The minimum Gasteiger partial charge on any atom is -0.496 e. The van der Waals surface area contributed by atoms with E-state index in [2.05, 4.69) is 6.08 Å². The average molecular weight is 224 g/mol. The van der Waals surface area contributed by atoms with E-state index in [4.69, 9.17) is 22.1 Å². The number of ether oxygens (including phenoxy) is 1. The van der Waals surface area contributed by atoms with Gasteiger partial charge in [-0.3, -0.25) is 0 Å². The third kappa shape index (κ3) is 2.52. The molecule has 1 aliphatic rings. The summed E-state index contributed by atoms with van der Waals surface area (Å²) < 4.78 is 5.42. The first-order valence-corrected chi connectivity index (χ1v) is 5.47. The first-order chi connectivity index (χ1) is 7.27. The van der Waals surface area contributed by atoms with Crippen molar-refractivity contribution in [1.82, 2.24) is 0 Å².